The van der Waals surface area contributed by atoms with Gasteiger partial charge < -0.3 is 10.2 Å². The predicted octanol–water partition coefficient (Wildman–Crippen LogP) is 7.00. The molecule has 1 unspecified atom stereocenters. The number of aliphatic imine (C=N–C) groups is 1. The molecule has 0 aromatic heterocycles. The molecule has 0 bridgehead atoms. The lowest BCUT2D eigenvalue weighted by atomic mass is 9.93. The van der Waals surface area contributed by atoms with Crippen LogP contribution < -0.4 is 5.32 Å². The Morgan fingerprint density at radius 2 is 1.66 bits per heavy atom. The van der Waals surface area contributed by atoms with Crippen molar-refractivity contribution in [1.29, 1.82) is 0 Å². The van der Waals surface area contributed by atoms with Crippen LogP contribution in [0, 0.1) is 0 Å². The van der Waals surface area contributed by atoms with Crippen molar-refractivity contribution in [3.05, 3.63) is 29.8 Å². The van der Waals surface area contributed by atoms with Crippen LogP contribution in [0.5, 0.6) is 0 Å². The highest BCUT2D eigenvalue weighted by atomic mass is 35.5. The number of carbonyl (C=O) groups excluding carboxylic acids is 1. The Bertz CT molecular complexity index is 755. The Balaban J connectivity index is 0.00000289. The minimum absolute atomic E-state index is 0. The molecule has 1 atom stereocenters. The maximum atomic E-state index is 12.9. The van der Waals surface area contributed by atoms with E-state index in [9.17, 15) is 4.79 Å². The van der Waals surface area contributed by atoms with Gasteiger partial charge in [-0.2, -0.15) is 0 Å². The number of hydrogen-bond donors (Lipinski definition) is 1. The number of rotatable bonds is 6. The minimum atomic E-state index is 0. The molecule has 1 N–H and O–H groups in total. The molecule has 2 aliphatic carbocycles. The van der Waals surface area contributed by atoms with Crippen molar-refractivity contribution in [1.82, 2.24) is 4.90 Å². The number of amidine groups is 1. The van der Waals surface area contributed by atoms with Crippen LogP contribution >= 0.6 is 24.2 Å². The maximum Gasteiger partial charge on any atom is 0.226 e. The van der Waals surface area contributed by atoms with Gasteiger partial charge in [-0.05, 0) is 49.3 Å². The lowest BCUT2D eigenvalue weighted by Gasteiger charge is -2.37. The van der Waals surface area contributed by atoms with Gasteiger partial charge in [-0.25, -0.2) is 0 Å². The third-order valence-corrected chi connectivity index (χ3v) is 8.26. The molecule has 1 aliphatic heterocycles. The summed E-state index contributed by atoms with van der Waals surface area (Å²) >= 11 is 1.90. The molecule has 0 spiro atoms. The van der Waals surface area contributed by atoms with E-state index in [0.29, 0.717) is 24.4 Å². The lowest BCUT2D eigenvalue weighted by Crippen LogP contribution is -2.45. The van der Waals surface area contributed by atoms with Crippen LogP contribution in [0.25, 0.3) is 0 Å². The minimum Gasteiger partial charge on any atom is -0.344 e. The van der Waals surface area contributed by atoms with Gasteiger partial charge in [-0.1, -0.05) is 76.3 Å². The average Bonchev–Trinajstić information content (AvgIpc) is 3.17. The van der Waals surface area contributed by atoms with E-state index in [2.05, 4.69) is 36.2 Å². The monoisotopic (exact) mass is 477 g/mol. The Morgan fingerprint density at radius 3 is 2.28 bits per heavy atom. The topological polar surface area (TPSA) is 44.7 Å². The predicted molar refractivity (Wildman–Crippen MR) is 140 cm³/mol. The van der Waals surface area contributed by atoms with Gasteiger partial charge in [-0.3, -0.25) is 9.79 Å². The fourth-order valence-corrected chi connectivity index (χ4v) is 6.59. The zero-order valence-corrected chi connectivity index (χ0v) is 21.4. The molecule has 178 valence electrons. The van der Waals surface area contributed by atoms with E-state index in [1.807, 2.05) is 23.9 Å². The summed E-state index contributed by atoms with van der Waals surface area (Å²) in [5.74, 6) is 1.62. The van der Waals surface area contributed by atoms with Crippen molar-refractivity contribution in [2.45, 2.75) is 109 Å². The van der Waals surface area contributed by atoms with Crippen LogP contribution in [0.1, 0.15) is 96.0 Å². The highest BCUT2D eigenvalue weighted by Crippen LogP contribution is 2.35. The van der Waals surface area contributed by atoms with Crippen LogP contribution in [0.3, 0.4) is 0 Å². The fourth-order valence-electron chi connectivity index (χ4n) is 5.30. The fraction of sp³-hybridized carbons (Fsp3) is 0.692. The first-order valence-corrected chi connectivity index (χ1v) is 13.5. The maximum absolute atomic E-state index is 12.9. The normalized spacial score (nSPS) is 24.0. The number of benzene rings is 1. The Kier molecular flexibility index (Phi) is 9.78. The Morgan fingerprint density at radius 1 is 1.03 bits per heavy atom. The molecule has 3 aliphatic rings. The summed E-state index contributed by atoms with van der Waals surface area (Å²) in [5, 5.41) is 4.37. The van der Waals surface area contributed by atoms with Gasteiger partial charge in [0.2, 0.25) is 5.91 Å². The first-order valence-electron chi connectivity index (χ1n) is 12.5. The van der Waals surface area contributed by atoms with Gasteiger partial charge in [0.05, 0.1) is 6.04 Å². The number of halogens is 1. The van der Waals surface area contributed by atoms with Crippen LogP contribution in [-0.2, 0) is 4.79 Å². The zero-order valence-electron chi connectivity index (χ0n) is 19.7. The molecule has 1 saturated heterocycles. The number of nitrogens with zero attached hydrogens (tertiary/aromatic N) is 2. The van der Waals surface area contributed by atoms with E-state index < -0.39 is 0 Å². The van der Waals surface area contributed by atoms with Gasteiger partial charge in [0.15, 0.2) is 5.17 Å². The summed E-state index contributed by atoms with van der Waals surface area (Å²) in [6.07, 6.45) is 13.5. The molecule has 3 fully saturated rings. The second kappa shape index (κ2) is 12.3. The highest BCUT2D eigenvalue weighted by molar-refractivity contribution is 8.14. The summed E-state index contributed by atoms with van der Waals surface area (Å²) in [4.78, 5) is 20.7. The molecule has 0 radical (unpaired) electrons. The van der Waals surface area contributed by atoms with Crippen LogP contribution in [0.2, 0.25) is 0 Å². The van der Waals surface area contributed by atoms with Crippen LogP contribution in [-0.4, -0.2) is 39.9 Å². The zero-order chi connectivity index (χ0) is 21.6. The summed E-state index contributed by atoms with van der Waals surface area (Å²) in [7, 11) is 0. The first kappa shape index (κ1) is 25.4. The molecule has 2 saturated carbocycles. The van der Waals surface area contributed by atoms with Crippen molar-refractivity contribution < 1.29 is 4.79 Å². The van der Waals surface area contributed by atoms with Crippen molar-refractivity contribution in [2.75, 3.05) is 11.1 Å². The van der Waals surface area contributed by atoms with E-state index in [1.54, 1.807) is 0 Å². The molecule has 1 aromatic carbocycles. The SMILES string of the molecule is CC(C)c1ccc(NC(=O)CC2CSC(=NC3CCCCC3)N2C2CCCCC2)cc1.Cl. The summed E-state index contributed by atoms with van der Waals surface area (Å²) in [6, 6.07) is 9.63. The Hall–Kier alpha value is -1.20. The molecular weight excluding hydrogens is 438 g/mol. The van der Waals surface area contributed by atoms with Gasteiger partial charge in [0.25, 0.3) is 0 Å². The number of amides is 1. The molecule has 32 heavy (non-hydrogen) atoms. The van der Waals surface area contributed by atoms with Crippen molar-refractivity contribution in [2.24, 2.45) is 4.99 Å². The molecule has 1 heterocycles. The molecular formula is C26H40ClN3OS. The van der Waals surface area contributed by atoms with Crippen molar-refractivity contribution in [3.8, 4) is 0 Å². The van der Waals surface area contributed by atoms with E-state index in [-0.39, 0.29) is 24.4 Å². The lowest BCUT2D eigenvalue weighted by molar-refractivity contribution is -0.117. The molecule has 1 amide bonds. The molecule has 1 aromatic rings. The van der Waals surface area contributed by atoms with Crippen LogP contribution in [0.15, 0.2) is 29.3 Å². The van der Waals surface area contributed by atoms with Gasteiger partial charge in [0, 0.05) is 29.9 Å². The van der Waals surface area contributed by atoms with E-state index >= 15 is 0 Å². The third kappa shape index (κ3) is 6.66. The quantitative estimate of drug-likeness (QED) is 0.479. The number of thioether (sulfide) groups is 1. The largest absolute Gasteiger partial charge is 0.344 e. The second-order valence-electron chi connectivity index (χ2n) is 9.90. The number of hydrogen-bond acceptors (Lipinski definition) is 3. The van der Waals surface area contributed by atoms with Crippen molar-refractivity contribution in [3.63, 3.8) is 0 Å². The molecule has 4 rings (SSSR count). The summed E-state index contributed by atoms with van der Waals surface area (Å²) in [5.41, 5.74) is 2.21. The van der Waals surface area contributed by atoms with Gasteiger partial charge in [-0.15, -0.1) is 12.4 Å². The van der Waals surface area contributed by atoms with E-state index in [0.717, 1.165) is 11.4 Å². The molecule has 4 nitrogen and oxygen atoms in total. The third-order valence-electron chi connectivity index (χ3n) is 7.14. The van der Waals surface area contributed by atoms with Gasteiger partial charge >= 0.3 is 0 Å². The number of anilines is 1. The first-order chi connectivity index (χ1) is 15.1. The summed E-state index contributed by atoms with van der Waals surface area (Å²) in [6.45, 7) is 4.38. The average molecular weight is 478 g/mol. The molecule has 6 heteroatoms. The smallest absolute Gasteiger partial charge is 0.226 e. The standard InChI is InChI=1S/C26H39N3OS.ClH/c1-19(2)20-13-15-22(16-14-20)27-25(30)17-24-18-31-26(28-21-9-5-3-6-10-21)29(24)23-11-7-4-8-12-23;/h13-16,19,21,23-24H,3-12,17-18H2,1-2H3,(H,27,30);1H. The van der Waals surface area contributed by atoms with Gasteiger partial charge in [0.1, 0.15) is 0 Å². The number of carbonyl (C=O) groups is 1. The van der Waals surface area contributed by atoms with E-state index in [4.69, 9.17) is 4.99 Å². The van der Waals surface area contributed by atoms with Crippen molar-refractivity contribution >= 4 is 40.9 Å². The summed E-state index contributed by atoms with van der Waals surface area (Å²) < 4.78 is 0. The van der Waals surface area contributed by atoms with Crippen LogP contribution in [0.4, 0.5) is 5.69 Å². The highest BCUT2D eigenvalue weighted by Gasteiger charge is 2.37. The second-order valence-corrected chi connectivity index (χ2v) is 10.9. The Labute approximate surface area is 204 Å². The number of nitrogens with one attached hydrogen (secondary N) is 1. The van der Waals surface area contributed by atoms with E-state index in [1.165, 1.54) is 74.9 Å².